The van der Waals surface area contributed by atoms with Crippen LogP contribution in [0.3, 0.4) is 0 Å². The maximum Gasteiger partial charge on any atom is 0.101 e. The van der Waals surface area contributed by atoms with Gasteiger partial charge in [-0.3, -0.25) is 5.32 Å². The van der Waals surface area contributed by atoms with Crippen LogP contribution in [0.4, 0.5) is 0 Å². The van der Waals surface area contributed by atoms with Crippen molar-refractivity contribution in [1.82, 2.24) is 5.32 Å². The van der Waals surface area contributed by atoms with Gasteiger partial charge in [0.1, 0.15) is 5.54 Å². The Balaban J connectivity index is 1.29. The van der Waals surface area contributed by atoms with E-state index in [4.69, 9.17) is 28.9 Å². The van der Waals surface area contributed by atoms with Crippen molar-refractivity contribution in [2.75, 3.05) is 66.0 Å². The number of hydrogen-bond acceptors (Lipinski definition) is 7. The Morgan fingerprint density at radius 2 is 1.29 bits per heavy atom. The van der Waals surface area contributed by atoms with E-state index in [0.717, 1.165) is 43.7 Å². The maximum atomic E-state index is 8.93. The Kier molecular flexibility index (Phi) is 13.9. The summed E-state index contributed by atoms with van der Waals surface area (Å²) in [5.41, 5.74) is -0.413. The Morgan fingerprint density at radius 1 is 0.794 bits per heavy atom. The quantitative estimate of drug-likeness (QED) is 0.274. The van der Waals surface area contributed by atoms with Crippen LogP contribution in [0.2, 0.25) is 0 Å². The van der Waals surface area contributed by atoms with Crippen molar-refractivity contribution >= 4 is 0 Å². The summed E-state index contributed by atoms with van der Waals surface area (Å²) in [6.45, 7) is 14.8. The number of nitriles is 1. The highest BCUT2D eigenvalue weighted by molar-refractivity contribution is 4.99. The highest BCUT2D eigenvalue weighted by Gasteiger charge is 2.41. The highest BCUT2D eigenvalue weighted by Crippen LogP contribution is 2.47. The molecule has 7 nitrogen and oxygen atoms in total. The zero-order chi connectivity index (χ0) is 24.7. The summed E-state index contributed by atoms with van der Waals surface area (Å²) in [6, 6.07) is 2.23. The zero-order valence-corrected chi connectivity index (χ0v) is 22.2. The molecule has 0 radical (unpaired) electrons. The van der Waals surface area contributed by atoms with E-state index in [0.29, 0.717) is 52.9 Å². The van der Waals surface area contributed by atoms with Gasteiger partial charge >= 0.3 is 0 Å². The lowest BCUT2D eigenvalue weighted by molar-refractivity contribution is -0.113. The van der Waals surface area contributed by atoms with Crippen LogP contribution in [0, 0.1) is 29.1 Å². The van der Waals surface area contributed by atoms with E-state index in [9.17, 15) is 0 Å². The van der Waals surface area contributed by atoms with Crippen LogP contribution >= 0.6 is 0 Å². The number of nitrogens with zero attached hydrogens (tertiary/aromatic N) is 1. The molecule has 0 spiro atoms. The van der Waals surface area contributed by atoms with E-state index in [2.05, 4.69) is 25.2 Å². The smallest absolute Gasteiger partial charge is 0.101 e. The lowest BCUT2D eigenvalue weighted by Crippen LogP contribution is -2.43. The van der Waals surface area contributed by atoms with Gasteiger partial charge in [0.25, 0.3) is 0 Å². The first-order valence-corrected chi connectivity index (χ1v) is 13.4. The Bertz CT molecular complexity index is 562. The van der Waals surface area contributed by atoms with Crippen LogP contribution < -0.4 is 5.32 Å². The van der Waals surface area contributed by atoms with Crippen LogP contribution in [0.5, 0.6) is 0 Å². The van der Waals surface area contributed by atoms with Crippen molar-refractivity contribution in [3.8, 4) is 6.07 Å². The van der Waals surface area contributed by atoms with Gasteiger partial charge in [-0.05, 0) is 90.0 Å². The van der Waals surface area contributed by atoms with Gasteiger partial charge in [0, 0.05) is 6.61 Å². The second kappa shape index (κ2) is 16.1. The molecular weight excluding hydrogens is 432 g/mol. The Morgan fingerprint density at radius 3 is 1.82 bits per heavy atom. The number of nitrogens with one attached hydrogen (secondary N) is 1. The molecule has 7 heteroatoms. The number of ether oxygens (including phenoxy) is 5. The summed E-state index contributed by atoms with van der Waals surface area (Å²) in [5, 5.41) is 12.1. The summed E-state index contributed by atoms with van der Waals surface area (Å²) >= 11 is 0. The van der Waals surface area contributed by atoms with E-state index in [1.165, 1.54) is 32.1 Å². The van der Waals surface area contributed by atoms with E-state index in [1.807, 2.05) is 13.8 Å². The normalized spacial score (nSPS) is 27.0. The number of hydrogen-bond donors (Lipinski definition) is 1. The topological polar surface area (TPSA) is 82.0 Å². The first-order valence-electron chi connectivity index (χ1n) is 13.4. The van der Waals surface area contributed by atoms with Crippen LogP contribution in [0.15, 0.2) is 0 Å². The fourth-order valence-corrected chi connectivity index (χ4v) is 5.53. The predicted octanol–water partition coefficient (Wildman–Crippen LogP) is 4.35. The second-order valence-electron chi connectivity index (χ2n) is 11.1. The molecule has 0 amide bonds. The minimum Gasteiger partial charge on any atom is -0.379 e. The zero-order valence-electron chi connectivity index (χ0n) is 22.2. The maximum absolute atomic E-state index is 8.93. The molecule has 2 saturated carbocycles. The lowest BCUT2D eigenvalue weighted by Gasteiger charge is -2.47. The van der Waals surface area contributed by atoms with Gasteiger partial charge in [-0.15, -0.1) is 0 Å². The van der Waals surface area contributed by atoms with Crippen molar-refractivity contribution in [2.24, 2.45) is 17.8 Å². The predicted molar refractivity (Wildman–Crippen MR) is 134 cm³/mol. The Labute approximate surface area is 208 Å². The molecule has 2 unspecified atom stereocenters. The van der Waals surface area contributed by atoms with Gasteiger partial charge in [-0.25, -0.2) is 0 Å². The van der Waals surface area contributed by atoms with Crippen molar-refractivity contribution in [3.63, 3.8) is 0 Å². The number of rotatable bonds is 19. The third-order valence-electron chi connectivity index (χ3n) is 6.94. The molecule has 198 valence electrons. The Hall–Kier alpha value is -0.750. The average molecular weight is 483 g/mol. The standard InChI is InChI=1S/C27H50N2O5/c1-23-17-24-19-25(18-23)21-27(4,20-24)34-16-15-33-14-13-32-12-11-31-10-9-30-8-6-5-7-29-26(2,3)22-28/h23-25,29H,5-21H2,1-4H3. The van der Waals surface area contributed by atoms with Gasteiger partial charge in [0.2, 0.25) is 0 Å². The molecule has 0 heterocycles. The fourth-order valence-electron chi connectivity index (χ4n) is 5.53. The van der Waals surface area contributed by atoms with Crippen LogP contribution in [0.25, 0.3) is 0 Å². The number of unbranched alkanes of at least 4 members (excludes halogenated alkanes) is 1. The fraction of sp³-hybridized carbons (Fsp3) is 0.963. The molecule has 0 aliphatic heterocycles. The minimum atomic E-state index is -0.456. The number of fused-ring (bicyclic) bond motifs is 2. The third kappa shape index (κ3) is 12.8. The summed E-state index contributed by atoms with van der Waals surface area (Å²) in [7, 11) is 0. The van der Waals surface area contributed by atoms with Crippen LogP contribution in [-0.4, -0.2) is 77.1 Å². The van der Waals surface area contributed by atoms with E-state index in [1.54, 1.807) is 0 Å². The van der Waals surface area contributed by atoms with Crippen molar-refractivity contribution in [2.45, 2.75) is 83.8 Å². The third-order valence-corrected chi connectivity index (χ3v) is 6.94. The largest absolute Gasteiger partial charge is 0.379 e. The van der Waals surface area contributed by atoms with Gasteiger partial charge in [-0.2, -0.15) is 5.26 Å². The molecule has 34 heavy (non-hydrogen) atoms. The van der Waals surface area contributed by atoms with Crippen molar-refractivity contribution in [3.05, 3.63) is 0 Å². The van der Waals surface area contributed by atoms with Gasteiger partial charge in [0.05, 0.1) is 64.5 Å². The molecule has 2 rings (SSSR count). The summed E-state index contributed by atoms with van der Waals surface area (Å²) < 4.78 is 28.6. The van der Waals surface area contributed by atoms with Crippen molar-refractivity contribution < 1.29 is 23.7 Å². The molecule has 2 atom stereocenters. The van der Waals surface area contributed by atoms with E-state index in [-0.39, 0.29) is 5.60 Å². The average Bonchev–Trinajstić information content (AvgIpc) is 2.77. The molecule has 0 aromatic carbocycles. The van der Waals surface area contributed by atoms with Crippen molar-refractivity contribution in [1.29, 1.82) is 5.26 Å². The summed E-state index contributed by atoms with van der Waals surface area (Å²) in [6.07, 6.45) is 8.55. The second-order valence-corrected chi connectivity index (χ2v) is 11.1. The molecule has 2 bridgehead atoms. The molecule has 0 aromatic rings. The molecule has 2 fully saturated rings. The molecule has 2 aliphatic rings. The van der Waals surface area contributed by atoms with E-state index < -0.39 is 5.54 Å². The first kappa shape index (κ1) is 29.5. The highest BCUT2D eigenvalue weighted by atomic mass is 16.6. The van der Waals surface area contributed by atoms with Gasteiger partial charge in [-0.1, -0.05) is 6.92 Å². The van der Waals surface area contributed by atoms with Crippen LogP contribution in [-0.2, 0) is 23.7 Å². The summed E-state index contributed by atoms with van der Waals surface area (Å²) in [4.78, 5) is 0. The molecule has 1 N–H and O–H groups in total. The molecule has 0 saturated heterocycles. The molecular formula is C27H50N2O5. The lowest BCUT2D eigenvalue weighted by atomic mass is 9.64. The SMILES string of the molecule is CC1CC2CC(C1)CC(C)(OCCOCCOCCOCCOCCCCNC(C)(C)C#N)C2. The molecule has 2 aliphatic carbocycles. The summed E-state index contributed by atoms with van der Waals surface area (Å²) in [5.74, 6) is 2.60. The van der Waals surface area contributed by atoms with Gasteiger partial charge < -0.3 is 23.7 Å². The van der Waals surface area contributed by atoms with E-state index >= 15 is 0 Å². The first-order chi connectivity index (χ1) is 16.3. The minimum absolute atomic E-state index is 0.0427. The molecule has 0 aromatic heterocycles. The monoisotopic (exact) mass is 482 g/mol. The van der Waals surface area contributed by atoms with Gasteiger partial charge in [0.15, 0.2) is 0 Å². The van der Waals surface area contributed by atoms with Crippen LogP contribution in [0.1, 0.15) is 72.6 Å².